The van der Waals surface area contributed by atoms with Crippen LogP contribution in [-0.4, -0.2) is 28.8 Å². The van der Waals surface area contributed by atoms with Crippen LogP contribution in [0.3, 0.4) is 0 Å². The third-order valence-corrected chi connectivity index (χ3v) is 8.21. The molecule has 1 aliphatic carbocycles. The molecule has 1 fully saturated rings. The molecule has 0 saturated heterocycles. The standard InChI is InChI=1S/C34H41BrN2O2/c1-34(2,3)28-18-13-25(14-19-28)17-22-32(38)37(24-27-15-20-29(35)21-16-27)31(23-26-9-5-4-6-10-26)33(39)36-30-11-7-8-12-30/h4-6,9-10,13-16,18-21,30-31H,7-8,11-12,17,22-24H2,1-3H3,(H,36,39)/t31-/m1/s1. The topological polar surface area (TPSA) is 49.4 Å². The van der Waals surface area contributed by atoms with E-state index < -0.39 is 6.04 Å². The smallest absolute Gasteiger partial charge is 0.243 e. The number of amides is 2. The van der Waals surface area contributed by atoms with E-state index in [-0.39, 0.29) is 23.3 Å². The second-order valence-electron chi connectivity index (χ2n) is 11.8. The molecule has 1 atom stereocenters. The Kier molecular flexibility index (Phi) is 10.0. The number of halogens is 1. The number of hydrogen-bond acceptors (Lipinski definition) is 2. The van der Waals surface area contributed by atoms with Gasteiger partial charge >= 0.3 is 0 Å². The Labute approximate surface area is 242 Å². The first-order valence-corrected chi connectivity index (χ1v) is 15.0. The molecule has 0 aliphatic heterocycles. The van der Waals surface area contributed by atoms with E-state index in [9.17, 15) is 9.59 Å². The summed E-state index contributed by atoms with van der Waals surface area (Å²) in [6.45, 7) is 7.00. The van der Waals surface area contributed by atoms with E-state index in [0.717, 1.165) is 46.8 Å². The van der Waals surface area contributed by atoms with Gasteiger partial charge in [0.1, 0.15) is 6.04 Å². The first kappa shape index (κ1) is 29.1. The van der Waals surface area contributed by atoms with Gasteiger partial charge in [0.05, 0.1) is 0 Å². The van der Waals surface area contributed by atoms with Crippen molar-refractivity contribution in [2.45, 2.75) is 89.8 Å². The van der Waals surface area contributed by atoms with Crippen LogP contribution in [-0.2, 0) is 34.4 Å². The van der Waals surface area contributed by atoms with E-state index in [1.807, 2.05) is 59.5 Å². The molecule has 39 heavy (non-hydrogen) atoms. The first-order valence-electron chi connectivity index (χ1n) is 14.2. The molecule has 1 N–H and O–H groups in total. The molecular formula is C34H41BrN2O2. The van der Waals surface area contributed by atoms with E-state index in [0.29, 0.717) is 25.8 Å². The van der Waals surface area contributed by atoms with Crippen LogP contribution in [0.15, 0.2) is 83.3 Å². The van der Waals surface area contributed by atoms with Crippen molar-refractivity contribution in [3.8, 4) is 0 Å². The minimum atomic E-state index is -0.576. The van der Waals surface area contributed by atoms with Gasteiger partial charge in [-0.25, -0.2) is 0 Å². The normalized spacial score (nSPS) is 14.7. The molecule has 2 amide bonds. The van der Waals surface area contributed by atoms with Crippen molar-refractivity contribution in [2.75, 3.05) is 0 Å². The average molecular weight is 590 g/mol. The Morgan fingerprint density at radius 1 is 0.872 bits per heavy atom. The number of nitrogens with one attached hydrogen (secondary N) is 1. The molecule has 0 radical (unpaired) electrons. The summed E-state index contributed by atoms with van der Waals surface area (Å²) in [5.41, 5.74) is 4.56. The van der Waals surface area contributed by atoms with Gasteiger partial charge in [-0.15, -0.1) is 0 Å². The lowest BCUT2D eigenvalue weighted by Gasteiger charge is -2.32. The van der Waals surface area contributed by atoms with Gasteiger partial charge in [0.15, 0.2) is 0 Å². The quantitative estimate of drug-likeness (QED) is 0.268. The highest BCUT2D eigenvalue weighted by Crippen LogP contribution is 2.24. The molecule has 4 rings (SSSR count). The first-order chi connectivity index (χ1) is 18.7. The Bertz CT molecular complexity index is 1210. The SMILES string of the molecule is CC(C)(C)c1ccc(CCC(=O)N(Cc2ccc(Br)cc2)[C@H](Cc2ccccc2)C(=O)NC2CCCC2)cc1. The van der Waals surface area contributed by atoms with Crippen molar-refractivity contribution in [3.05, 3.63) is 106 Å². The summed E-state index contributed by atoms with van der Waals surface area (Å²) in [5.74, 6) is -0.0499. The van der Waals surface area contributed by atoms with Crippen molar-refractivity contribution < 1.29 is 9.59 Å². The zero-order valence-electron chi connectivity index (χ0n) is 23.5. The number of carbonyl (C=O) groups is 2. The molecule has 0 heterocycles. The summed E-state index contributed by atoms with van der Waals surface area (Å²) in [6.07, 6.45) is 5.79. The number of hydrogen-bond donors (Lipinski definition) is 1. The largest absolute Gasteiger partial charge is 0.352 e. The highest BCUT2D eigenvalue weighted by Gasteiger charge is 2.32. The lowest BCUT2D eigenvalue weighted by molar-refractivity contribution is -0.141. The Hall–Kier alpha value is -2.92. The molecule has 4 nitrogen and oxygen atoms in total. The summed E-state index contributed by atoms with van der Waals surface area (Å²) in [7, 11) is 0. The fourth-order valence-corrected chi connectivity index (χ4v) is 5.54. The third-order valence-electron chi connectivity index (χ3n) is 7.69. The molecule has 1 aliphatic rings. The van der Waals surface area contributed by atoms with Gasteiger partial charge in [-0.2, -0.15) is 0 Å². The van der Waals surface area contributed by atoms with Gasteiger partial charge in [-0.1, -0.05) is 116 Å². The molecule has 0 aromatic heterocycles. The van der Waals surface area contributed by atoms with E-state index in [1.165, 1.54) is 5.56 Å². The van der Waals surface area contributed by atoms with Gasteiger partial charge in [0.25, 0.3) is 0 Å². The van der Waals surface area contributed by atoms with Crippen LogP contribution in [0, 0.1) is 0 Å². The van der Waals surface area contributed by atoms with Crippen LogP contribution in [0.4, 0.5) is 0 Å². The van der Waals surface area contributed by atoms with Crippen LogP contribution < -0.4 is 5.32 Å². The highest BCUT2D eigenvalue weighted by atomic mass is 79.9. The van der Waals surface area contributed by atoms with Gasteiger partial charge in [0.2, 0.25) is 11.8 Å². The second kappa shape index (κ2) is 13.4. The summed E-state index contributed by atoms with van der Waals surface area (Å²) in [6, 6.07) is 26.2. The molecule has 5 heteroatoms. The summed E-state index contributed by atoms with van der Waals surface area (Å²) < 4.78 is 0.989. The predicted octanol–water partition coefficient (Wildman–Crippen LogP) is 7.38. The predicted molar refractivity (Wildman–Crippen MR) is 162 cm³/mol. The maximum absolute atomic E-state index is 13.9. The maximum Gasteiger partial charge on any atom is 0.243 e. The van der Waals surface area contributed by atoms with Gasteiger partial charge < -0.3 is 10.2 Å². The molecule has 0 unspecified atom stereocenters. The molecule has 206 valence electrons. The van der Waals surface area contributed by atoms with Crippen LogP contribution in [0.2, 0.25) is 0 Å². The van der Waals surface area contributed by atoms with Crippen LogP contribution in [0.1, 0.15) is 75.1 Å². The monoisotopic (exact) mass is 588 g/mol. The summed E-state index contributed by atoms with van der Waals surface area (Å²) in [5, 5.41) is 3.28. The molecule has 1 saturated carbocycles. The van der Waals surface area contributed by atoms with Crippen molar-refractivity contribution in [3.63, 3.8) is 0 Å². The molecule has 0 spiro atoms. The van der Waals surface area contributed by atoms with Crippen molar-refractivity contribution in [2.24, 2.45) is 0 Å². The van der Waals surface area contributed by atoms with E-state index in [4.69, 9.17) is 0 Å². The number of benzene rings is 3. The van der Waals surface area contributed by atoms with Crippen molar-refractivity contribution >= 4 is 27.7 Å². The highest BCUT2D eigenvalue weighted by molar-refractivity contribution is 9.10. The molecular weight excluding hydrogens is 548 g/mol. The molecule has 3 aromatic carbocycles. The zero-order chi connectivity index (χ0) is 27.8. The van der Waals surface area contributed by atoms with Crippen LogP contribution in [0.5, 0.6) is 0 Å². The number of aryl methyl sites for hydroxylation is 1. The average Bonchev–Trinajstić information content (AvgIpc) is 3.43. The zero-order valence-corrected chi connectivity index (χ0v) is 25.0. The minimum absolute atomic E-state index is 0.000296. The summed E-state index contributed by atoms with van der Waals surface area (Å²) >= 11 is 3.51. The van der Waals surface area contributed by atoms with Crippen molar-refractivity contribution in [1.82, 2.24) is 10.2 Å². The Morgan fingerprint density at radius 3 is 2.10 bits per heavy atom. The number of carbonyl (C=O) groups excluding carboxylic acids is 2. The van der Waals surface area contributed by atoms with Crippen LogP contribution >= 0.6 is 15.9 Å². The molecule has 0 bridgehead atoms. The van der Waals surface area contributed by atoms with Gasteiger partial charge in [-0.3, -0.25) is 9.59 Å². The fourth-order valence-electron chi connectivity index (χ4n) is 5.27. The number of nitrogens with zero attached hydrogens (tertiary/aromatic N) is 1. The third kappa shape index (κ3) is 8.53. The van der Waals surface area contributed by atoms with E-state index >= 15 is 0 Å². The second-order valence-corrected chi connectivity index (χ2v) is 12.7. The Morgan fingerprint density at radius 2 is 1.49 bits per heavy atom. The number of rotatable bonds is 10. The maximum atomic E-state index is 13.9. The van der Waals surface area contributed by atoms with E-state index in [1.54, 1.807) is 0 Å². The Balaban J connectivity index is 1.58. The van der Waals surface area contributed by atoms with Gasteiger partial charge in [-0.05, 0) is 59.1 Å². The van der Waals surface area contributed by atoms with Crippen LogP contribution in [0.25, 0.3) is 0 Å². The molecule has 3 aromatic rings. The summed E-state index contributed by atoms with van der Waals surface area (Å²) in [4.78, 5) is 29.5. The fraction of sp³-hybridized carbons (Fsp3) is 0.412. The lowest BCUT2D eigenvalue weighted by atomic mass is 9.86. The van der Waals surface area contributed by atoms with E-state index in [2.05, 4.69) is 66.3 Å². The van der Waals surface area contributed by atoms with Crippen molar-refractivity contribution in [1.29, 1.82) is 0 Å². The van der Waals surface area contributed by atoms with Gasteiger partial charge in [0, 0.05) is 29.9 Å². The minimum Gasteiger partial charge on any atom is -0.352 e. The lowest BCUT2D eigenvalue weighted by Crippen LogP contribution is -2.52.